The number of primary amides is 1. The minimum Gasteiger partial charge on any atom is -0.465 e. The molecule has 6 nitrogen and oxygen atoms in total. The minimum atomic E-state index is -1.01. The summed E-state index contributed by atoms with van der Waals surface area (Å²) in [6.07, 6.45) is 4.10. The lowest BCUT2D eigenvalue weighted by Crippen LogP contribution is -2.31. The zero-order valence-electron chi connectivity index (χ0n) is 16.3. The Hall–Kier alpha value is -3.41. The van der Waals surface area contributed by atoms with E-state index in [1.54, 1.807) is 6.26 Å². The molecule has 2 heterocycles. The van der Waals surface area contributed by atoms with Crippen LogP contribution in [0.25, 0.3) is 22.6 Å². The molecule has 1 aliphatic carbocycles. The quantitative estimate of drug-likeness (QED) is 0.680. The molecule has 2 atom stereocenters. The maximum absolute atomic E-state index is 13.1. The highest BCUT2D eigenvalue weighted by molar-refractivity contribution is 6.07. The molecule has 2 aromatic heterocycles. The summed E-state index contributed by atoms with van der Waals surface area (Å²) in [5.41, 5.74) is 9.06. The number of aromatic nitrogens is 1. The maximum Gasteiger partial charge on any atom is 0.339 e. The van der Waals surface area contributed by atoms with Gasteiger partial charge in [-0.25, -0.2) is 9.78 Å². The minimum absolute atomic E-state index is 0.312. The van der Waals surface area contributed by atoms with Gasteiger partial charge >= 0.3 is 5.97 Å². The third-order valence-corrected chi connectivity index (χ3v) is 5.17. The molecular formula is C23H22N2O4. The molecule has 0 bridgehead atoms. The van der Waals surface area contributed by atoms with Gasteiger partial charge in [0, 0.05) is 5.39 Å². The van der Waals surface area contributed by atoms with Crippen molar-refractivity contribution in [3.05, 3.63) is 65.2 Å². The Morgan fingerprint density at radius 1 is 1.24 bits per heavy atom. The summed E-state index contributed by atoms with van der Waals surface area (Å²) in [7, 11) is 0. The fourth-order valence-electron chi connectivity index (χ4n) is 3.79. The van der Waals surface area contributed by atoms with Crippen molar-refractivity contribution in [1.82, 2.24) is 4.98 Å². The Morgan fingerprint density at radius 3 is 2.76 bits per heavy atom. The number of benzene rings is 1. The molecule has 3 aromatic rings. The predicted molar refractivity (Wildman–Crippen MR) is 110 cm³/mol. The molecule has 6 heteroatoms. The lowest BCUT2D eigenvalue weighted by molar-refractivity contribution is -0.125. The van der Waals surface area contributed by atoms with Crippen LogP contribution >= 0.6 is 0 Å². The van der Waals surface area contributed by atoms with Gasteiger partial charge in [0.1, 0.15) is 5.76 Å². The van der Waals surface area contributed by atoms with Crippen molar-refractivity contribution >= 4 is 34.4 Å². The molecule has 0 saturated carbocycles. The Labute approximate surface area is 168 Å². The third-order valence-electron chi connectivity index (χ3n) is 5.17. The van der Waals surface area contributed by atoms with E-state index in [2.05, 4.69) is 6.92 Å². The average Bonchev–Trinajstić information content (AvgIpc) is 3.19. The summed E-state index contributed by atoms with van der Waals surface area (Å²) >= 11 is 0. The van der Waals surface area contributed by atoms with Crippen molar-refractivity contribution in [2.75, 3.05) is 0 Å². The molecule has 1 aliphatic rings. The molecule has 1 amide bonds. The normalized spacial score (nSPS) is 18.4. The summed E-state index contributed by atoms with van der Waals surface area (Å²) in [6, 6.07) is 11.2. The van der Waals surface area contributed by atoms with E-state index in [9.17, 15) is 9.59 Å². The van der Waals surface area contributed by atoms with Gasteiger partial charge in [0.15, 0.2) is 6.10 Å². The monoisotopic (exact) mass is 390 g/mol. The van der Waals surface area contributed by atoms with Gasteiger partial charge < -0.3 is 14.9 Å². The van der Waals surface area contributed by atoms with Gasteiger partial charge in [0.05, 0.1) is 23.0 Å². The topological polar surface area (TPSA) is 95.4 Å². The van der Waals surface area contributed by atoms with Crippen LogP contribution in [0.2, 0.25) is 0 Å². The number of pyridine rings is 1. The summed E-state index contributed by atoms with van der Waals surface area (Å²) < 4.78 is 10.9. The highest BCUT2D eigenvalue weighted by Gasteiger charge is 2.30. The molecule has 0 unspecified atom stereocenters. The van der Waals surface area contributed by atoms with Crippen LogP contribution in [0.5, 0.6) is 0 Å². The second kappa shape index (κ2) is 7.54. The molecule has 4 rings (SSSR count). The molecule has 0 aliphatic heterocycles. The standard InChI is InChI=1S/C23H22N2O4/c1-13-10-15(12-16-6-5-9-28-16)21-18(11-13)20(23(27)29-14(2)22(24)26)17-7-3-4-8-19(17)25-21/h3-9,12-14H,10-11H2,1-2H3,(H2,24,26)/t13-,14-/m0/s1. The Kier molecular flexibility index (Phi) is 4.92. The van der Waals surface area contributed by atoms with Gasteiger partial charge in [0.2, 0.25) is 0 Å². The number of rotatable bonds is 4. The predicted octanol–water partition coefficient (Wildman–Crippen LogP) is 3.98. The van der Waals surface area contributed by atoms with E-state index < -0.39 is 18.0 Å². The van der Waals surface area contributed by atoms with Gasteiger partial charge in [-0.3, -0.25) is 4.79 Å². The zero-order chi connectivity index (χ0) is 20.5. The fraction of sp³-hybridized carbons (Fsp3) is 0.261. The van der Waals surface area contributed by atoms with Crippen LogP contribution in [-0.2, 0) is 16.0 Å². The van der Waals surface area contributed by atoms with Crippen LogP contribution in [0.1, 0.15) is 47.6 Å². The van der Waals surface area contributed by atoms with Crippen LogP contribution < -0.4 is 5.73 Å². The molecule has 0 fully saturated rings. The van der Waals surface area contributed by atoms with Gasteiger partial charge in [-0.05, 0) is 61.1 Å². The number of carbonyl (C=O) groups is 2. The van der Waals surface area contributed by atoms with Gasteiger partial charge in [-0.2, -0.15) is 0 Å². The lowest BCUT2D eigenvalue weighted by Gasteiger charge is -2.26. The van der Waals surface area contributed by atoms with E-state index in [-0.39, 0.29) is 0 Å². The summed E-state index contributed by atoms with van der Waals surface area (Å²) in [4.78, 5) is 29.4. The number of para-hydroxylation sites is 1. The number of carbonyl (C=O) groups excluding carboxylic acids is 2. The molecule has 148 valence electrons. The second-order valence-electron chi connectivity index (χ2n) is 7.48. The van der Waals surface area contributed by atoms with Crippen molar-refractivity contribution in [2.45, 2.75) is 32.8 Å². The SMILES string of the molecule is C[C@H]1CC(=Cc2ccco2)c2nc3ccccc3c(C(=O)O[C@@H](C)C(N)=O)c2C1. The van der Waals surface area contributed by atoms with Gasteiger partial charge in [-0.15, -0.1) is 0 Å². The number of fused-ring (bicyclic) bond motifs is 2. The van der Waals surface area contributed by atoms with Crippen molar-refractivity contribution in [3.8, 4) is 0 Å². The number of hydrogen-bond acceptors (Lipinski definition) is 5. The van der Waals surface area contributed by atoms with Gasteiger partial charge in [0.25, 0.3) is 5.91 Å². The van der Waals surface area contributed by atoms with E-state index in [4.69, 9.17) is 19.9 Å². The first kappa shape index (κ1) is 18.9. The molecule has 29 heavy (non-hydrogen) atoms. The number of nitrogens with two attached hydrogens (primary N) is 1. The first-order chi connectivity index (χ1) is 13.9. The zero-order valence-corrected chi connectivity index (χ0v) is 16.3. The Morgan fingerprint density at radius 2 is 2.03 bits per heavy atom. The van der Waals surface area contributed by atoms with E-state index in [0.29, 0.717) is 28.8 Å². The molecule has 2 N–H and O–H groups in total. The smallest absolute Gasteiger partial charge is 0.339 e. The molecule has 1 aromatic carbocycles. The third kappa shape index (κ3) is 3.66. The fourth-order valence-corrected chi connectivity index (χ4v) is 3.79. The Balaban J connectivity index is 1.92. The summed E-state index contributed by atoms with van der Waals surface area (Å²) in [6.45, 7) is 3.61. The van der Waals surface area contributed by atoms with Crippen molar-refractivity contribution in [3.63, 3.8) is 0 Å². The number of esters is 1. The highest BCUT2D eigenvalue weighted by atomic mass is 16.5. The van der Waals surface area contributed by atoms with E-state index >= 15 is 0 Å². The van der Waals surface area contributed by atoms with Crippen molar-refractivity contribution in [2.24, 2.45) is 11.7 Å². The maximum atomic E-state index is 13.1. The number of allylic oxidation sites excluding steroid dienone is 1. The molecule has 0 spiro atoms. The number of ether oxygens (including phenoxy) is 1. The summed E-state index contributed by atoms with van der Waals surface area (Å²) in [5.74, 6) is -0.191. The first-order valence-electron chi connectivity index (χ1n) is 9.60. The van der Waals surface area contributed by atoms with E-state index in [1.165, 1.54) is 6.92 Å². The summed E-state index contributed by atoms with van der Waals surface area (Å²) in [5, 5.41) is 0.708. The lowest BCUT2D eigenvalue weighted by atomic mass is 9.81. The largest absolute Gasteiger partial charge is 0.465 e. The number of nitrogens with zero attached hydrogens (tertiary/aromatic N) is 1. The van der Waals surface area contributed by atoms with Crippen molar-refractivity contribution in [1.29, 1.82) is 0 Å². The van der Waals surface area contributed by atoms with Crippen LogP contribution in [0, 0.1) is 5.92 Å². The van der Waals surface area contributed by atoms with Crippen molar-refractivity contribution < 1.29 is 18.7 Å². The molecular weight excluding hydrogens is 368 g/mol. The number of furan rings is 1. The average molecular weight is 390 g/mol. The van der Waals surface area contributed by atoms with Gasteiger partial charge in [-0.1, -0.05) is 25.1 Å². The molecule has 0 radical (unpaired) electrons. The van der Waals surface area contributed by atoms with Crippen LogP contribution in [0.4, 0.5) is 0 Å². The second-order valence-corrected chi connectivity index (χ2v) is 7.48. The molecule has 0 saturated heterocycles. The van der Waals surface area contributed by atoms with Crippen LogP contribution in [-0.4, -0.2) is 23.0 Å². The highest BCUT2D eigenvalue weighted by Crippen LogP contribution is 2.38. The Bertz CT molecular complexity index is 1120. The number of amides is 1. The number of hydrogen-bond donors (Lipinski definition) is 1. The van der Waals surface area contributed by atoms with E-state index in [1.807, 2.05) is 42.5 Å². The first-order valence-corrected chi connectivity index (χ1v) is 9.60. The van der Waals surface area contributed by atoms with Crippen LogP contribution in [0.15, 0.2) is 47.1 Å². The van der Waals surface area contributed by atoms with E-state index in [0.717, 1.165) is 29.0 Å². The van der Waals surface area contributed by atoms with Crippen LogP contribution in [0.3, 0.4) is 0 Å².